The van der Waals surface area contributed by atoms with E-state index in [9.17, 15) is 4.79 Å². The standard InChI is InChI=1S/C19H19N5OS/c1-12-9-17-20-13(10-18(25)24(17)22-12)11-23-8-4-6-15(23)19-21-14-5-2-3-7-16(14)26-19/h2-3,5,7,9-10,15,22H,4,6,8,11H2,1H3. The number of aromatic nitrogens is 4. The van der Waals surface area contributed by atoms with E-state index in [1.165, 1.54) is 14.2 Å². The molecule has 1 aliphatic heterocycles. The summed E-state index contributed by atoms with van der Waals surface area (Å²) < 4.78 is 2.73. The van der Waals surface area contributed by atoms with Crippen LogP contribution in [0.5, 0.6) is 0 Å². The predicted molar refractivity (Wildman–Crippen MR) is 103 cm³/mol. The van der Waals surface area contributed by atoms with Crippen molar-refractivity contribution in [3.05, 3.63) is 63.1 Å². The third kappa shape index (κ3) is 2.64. The second-order valence-electron chi connectivity index (χ2n) is 6.87. The fourth-order valence-electron chi connectivity index (χ4n) is 3.78. The van der Waals surface area contributed by atoms with Crippen LogP contribution < -0.4 is 5.56 Å². The zero-order valence-electron chi connectivity index (χ0n) is 14.5. The smallest absolute Gasteiger partial charge is 0.272 e. The van der Waals surface area contributed by atoms with Gasteiger partial charge in [0.05, 0.1) is 22.0 Å². The Morgan fingerprint density at radius 2 is 2.15 bits per heavy atom. The molecule has 1 saturated heterocycles. The van der Waals surface area contributed by atoms with Crippen molar-refractivity contribution in [1.29, 1.82) is 0 Å². The summed E-state index contributed by atoms with van der Waals surface area (Å²) in [7, 11) is 0. The average molecular weight is 365 g/mol. The lowest BCUT2D eigenvalue weighted by Crippen LogP contribution is -2.25. The minimum absolute atomic E-state index is 0.0613. The number of aromatic amines is 1. The quantitative estimate of drug-likeness (QED) is 0.605. The molecule has 4 heterocycles. The van der Waals surface area contributed by atoms with Crippen molar-refractivity contribution < 1.29 is 0 Å². The molecular formula is C19H19N5OS. The van der Waals surface area contributed by atoms with E-state index in [-0.39, 0.29) is 5.56 Å². The highest BCUT2D eigenvalue weighted by Gasteiger charge is 2.29. The molecule has 0 aliphatic carbocycles. The van der Waals surface area contributed by atoms with E-state index in [1.54, 1.807) is 17.4 Å². The normalized spacial score (nSPS) is 18.3. The summed E-state index contributed by atoms with van der Waals surface area (Å²) in [5.41, 5.74) is 3.44. The molecule has 0 radical (unpaired) electrons. The number of para-hydroxylation sites is 1. The number of likely N-dealkylation sites (tertiary alicyclic amines) is 1. The first-order valence-electron chi connectivity index (χ1n) is 8.85. The fraction of sp³-hybridized carbons (Fsp3) is 0.316. The number of thiazole rings is 1. The molecule has 5 rings (SSSR count). The van der Waals surface area contributed by atoms with E-state index in [0.717, 1.165) is 36.3 Å². The van der Waals surface area contributed by atoms with Crippen LogP contribution in [0.3, 0.4) is 0 Å². The number of hydrogen-bond donors (Lipinski definition) is 1. The summed E-state index contributed by atoms with van der Waals surface area (Å²) in [4.78, 5) is 24.2. The van der Waals surface area contributed by atoms with Crippen LogP contribution in [0.1, 0.15) is 35.3 Å². The minimum Gasteiger partial charge on any atom is -0.294 e. The van der Waals surface area contributed by atoms with Crippen LogP contribution in [0.15, 0.2) is 41.2 Å². The maximum absolute atomic E-state index is 12.3. The highest BCUT2D eigenvalue weighted by molar-refractivity contribution is 7.18. The number of fused-ring (bicyclic) bond motifs is 2. The van der Waals surface area contributed by atoms with Crippen LogP contribution in [0.4, 0.5) is 0 Å². The molecular weight excluding hydrogens is 346 g/mol. The van der Waals surface area contributed by atoms with Gasteiger partial charge in [0, 0.05) is 24.4 Å². The van der Waals surface area contributed by atoms with Crippen molar-refractivity contribution in [1.82, 2.24) is 24.5 Å². The molecule has 4 aromatic rings. The van der Waals surface area contributed by atoms with Crippen molar-refractivity contribution in [3.63, 3.8) is 0 Å². The molecule has 7 heteroatoms. The average Bonchev–Trinajstić information content (AvgIpc) is 3.31. The van der Waals surface area contributed by atoms with Crippen LogP contribution >= 0.6 is 11.3 Å². The molecule has 1 atom stereocenters. The molecule has 1 fully saturated rings. The molecule has 0 spiro atoms. The molecule has 0 saturated carbocycles. The third-order valence-corrected chi connectivity index (χ3v) is 6.09. The number of nitrogens with one attached hydrogen (secondary N) is 1. The Morgan fingerprint density at radius 3 is 3.04 bits per heavy atom. The van der Waals surface area contributed by atoms with Gasteiger partial charge < -0.3 is 0 Å². The lowest BCUT2D eigenvalue weighted by molar-refractivity contribution is 0.245. The van der Waals surface area contributed by atoms with Crippen LogP contribution in [0.2, 0.25) is 0 Å². The van der Waals surface area contributed by atoms with Gasteiger partial charge >= 0.3 is 0 Å². The molecule has 26 heavy (non-hydrogen) atoms. The third-order valence-electron chi connectivity index (χ3n) is 4.96. The van der Waals surface area contributed by atoms with Gasteiger partial charge in [-0.1, -0.05) is 12.1 Å². The van der Waals surface area contributed by atoms with Gasteiger partial charge in [-0.25, -0.2) is 14.5 Å². The van der Waals surface area contributed by atoms with Crippen molar-refractivity contribution >= 4 is 27.2 Å². The summed E-state index contributed by atoms with van der Waals surface area (Å²) in [6.45, 7) is 3.61. The van der Waals surface area contributed by atoms with Gasteiger partial charge in [-0.15, -0.1) is 11.3 Å². The first kappa shape index (κ1) is 15.7. The zero-order valence-corrected chi connectivity index (χ0v) is 15.3. The molecule has 1 aromatic carbocycles. The fourth-order valence-corrected chi connectivity index (χ4v) is 4.91. The van der Waals surface area contributed by atoms with Crippen LogP contribution in [-0.4, -0.2) is 31.0 Å². The molecule has 6 nitrogen and oxygen atoms in total. The Morgan fingerprint density at radius 1 is 1.27 bits per heavy atom. The SMILES string of the molecule is Cc1cc2nc(CN3CCCC3c3nc4ccccc4s3)cc(=O)n2[nH]1. The second kappa shape index (κ2) is 6.03. The van der Waals surface area contributed by atoms with Gasteiger partial charge in [0.25, 0.3) is 5.56 Å². The van der Waals surface area contributed by atoms with Crippen LogP contribution in [0.25, 0.3) is 15.9 Å². The van der Waals surface area contributed by atoms with E-state index in [2.05, 4.69) is 33.2 Å². The maximum Gasteiger partial charge on any atom is 0.272 e. The number of hydrogen-bond acceptors (Lipinski definition) is 5. The maximum atomic E-state index is 12.3. The summed E-state index contributed by atoms with van der Waals surface area (Å²) in [6, 6.07) is 12.1. The number of nitrogens with zero attached hydrogens (tertiary/aromatic N) is 4. The van der Waals surface area contributed by atoms with E-state index in [1.807, 2.05) is 19.1 Å². The molecule has 3 aromatic heterocycles. The molecule has 0 amide bonds. The molecule has 1 unspecified atom stereocenters. The largest absolute Gasteiger partial charge is 0.294 e. The summed E-state index contributed by atoms with van der Waals surface area (Å²) in [5, 5.41) is 4.18. The summed E-state index contributed by atoms with van der Waals surface area (Å²) >= 11 is 1.77. The number of rotatable bonds is 3. The number of H-pyrrole nitrogens is 1. The van der Waals surface area contributed by atoms with Crippen LogP contribution in [-0.2, 0) is 6.54 Å². The molecule has 0 bridgehead atoms. The Labute approximate surface area is 154 Å². The van der Waals surface area contributed by atoms with E-state index < -0.39 is 0 Å². The van der Waals surface area contributed by atoms with Gasteiger partial charge in [0.1, 0.15) is 5.01 Å². The van der Waals surface area contributed by atoms with Gasteiger partial charge in [-0.3, -0.25) is 14.8 Å². The summed E-state index contributed by atoms with van der Waals surface area (Å²) in [6.07, 6.45) is 2.25. The monoisotopic (exact) mass is 365 g/mol. The molecule has 1 aliphatic rings. The topological polar surface area (TPSA) is 66.3 Å². The Balaban J connectivity index is 1.46. The van der Waals surface area contributed by atoms with Crippen molar-refractivity contribution in [2.75, 3.05) is 6.54 Å². The van der Waals surface area contributed by atoms with E-state index >= 15 is 0 Å². The lowest BCUT2D eigenvalue weighted by atomic mass is 10.2. The van der Waals surface area contributed by atoms with Crippen molar-refractivity contribution in [2.24, 2.45) is 0 Å². The lowest BCUT2D eigenvalue weighted by Gasteiger charge is -2.22. The zero-order chi connectivity index (χ0) is 17.7. The van der Waals surface area contributed by atoms with Crippen molar-refractivity contribution in [3.8, 4) is 0 Å². The highest BCUT2D eigenvalue weighted by Crippen LogP contribution is 2.37. The number of aryl methyl sites for hydroxylation is 1. The van der Waals surface area contributed by atoms with Crippen molar-refractivity contribution in [2.45, 2.75) is 32.4 Å². The minimum atomic E-state index is -0.0613. The van der Waals surface area contributed by atoms with Gasteiger partial charge in [0.15, 0.2) is 5.65 Å². The predicted octanol–water partition coefficient (Wildman–Crippen LogP) is 3.28. The summed E-state index contributed by atoms with van der Waals surface area (Å²) in [5.74, 6) is 0. The first-order chi connectivity index (χ1) is 12.7. The second-order valence-corrected chi connectivity index (χ2v) is 7.93. The molecule has 132 valence electrons. The van der Waals surface area contributed by atoms with Gasteiger partial charge in [0.2, 0.25) is 0 Å². The van der Waals surface area contributed by atoms with Crippen LogP contribution in [0, 0.1) is 6.92 Å². The Bertz CT molecular complexity index is 1120. The Kier molecular flexibility index (Phi) is 3.65. The van der Waals surface area contributed by atoms with Gasteiger partial charge in [-0.05, 0) is 38.4 Å². The van der Waals surface area contributed by atoms with E-state index in [0.29, 0.717) is 18.2 Å². The number of benzene rings is 1. The first-order valence-corrected chi connectivity index (χ1v) is 9.67. The highest BCUT2D eigenvalue weighted by atomic mass is 32.1. The molecule has 1 N–H and O–H groups in total. The van der Waals surface area contributed by atoms with E-state index in [4.69, 9.17) is 4.98 Å². The van der Waals surface area contributed by atoms with Gasteiger partial charge in [-0.2, -0.15) is 0 Å². The Hall–Kier alpha value is -2.51.